The van der Waals surface area contributed by atoms with Gasteiger partial charge in [-0.2, -0.15) is 0 Å². The molecule has 0 radical (unpaired) electrons. The molecule has 1 aromatic heterocycles. The number of carbonyl (C=O) groups excluding carboxylic acids is 1. The van der Waals surface area contributed by atoms with E-state index in [9.17, 15) is 4.79 Å². The van der Waals surface area contributed by atoms with Gasteiger partial charge < -0.3 is 14.1 Å². The number of hydrogen-bond acceptors (Lipinski definition) is 4. The molecule has 4 rings (SSSR count). The average Bonchev–Trinajstić information content (AvgIpc) is 3.34. The van der Waals surface area contributed by atoms with E-state index < -0.39 is 0 Å². The molecule has 0 N–H and O–H groups in total. The summed E-state index contributed by atoms with van der Waals surface area (Å²) in [5.74, 6) is 0.934. The van der Waals surface area contributed by atoms with Crippen LogP contribution >= 0.6 is 11.6 Å². The SMILES string of the molecule is O=C(c1ccc(-c2ccccc2Cl)o1)N1CCN(C[C@H]2CCCO2)CC1. The summed E-state index contributed by atoms with van der Waals surface area (Å²) in [5.41, 5.74) is 0.801. The Labute approximate surface area is 158 Å². The van der Waals surface area contributed by atoms with Crippen molar-refractivity contribution in [2.75, 3.05) is 39.3 Å². The Morgan fingerprint density at radius 3 is 2.65 bits per heavy atom. The summed E-state index contributed by atoms with van der Waals surface area (Å²) >= 11 is 6.21. The van der Waals surface area contributed by atoms with Gasteiger partial charge in [0.2, 0.25) is 0 Å². The van der Waals surface area contributed by atoms with Gasteiger partial charge in [0.15, 0.2) is 5.76 Å². The van der Waals surface area contributed by atoms with E-state index in [-0.39, 0.29) is 5.91 Å². The van der Waals surface area contributed by atoms with Crippen LogP contribution in [0.2, 0.25) is 5.02 Å². The van der Waals surface area contributed by atoms with Gasteiger partial charge in [-0.25, -0.2) is 0 Å². The first-order chi connectivity index (χ1) is 12.7. The summed E-state index contributed by atoms with van der Waals surface area (Å²) in [6.07, 6.45) is 2.67. The number of halogens is 1. The van der Waals surface area contributed by atoms with Crippen LogP contribution in [-0.2, 0) is 4.74 Å². The van der Waals surface area contributed by atoms with Crippen LogP contribution in [0, 0.1) is 0 Å². The molecule has 2 saturated heterocycles. The first kappa shape index (κ1) is 17.6. The standard InChI is InChI=1S/C20H23ClN2O3/c21-17-6-2-1-5-16(17)18-7-8-19(26-18)20(24)23-11-9-22(10-12-23)14-15-4-3-13-25-15/h1-2,5-8,15H,3-4,9-14H2/t15-/m1/s1. The third-order valence-corrected chi connectivity index (χ3v) is 5.43. The molecule has 0 spiro atoms. The number of rotatable bonds is 4. The summed E-state index contributed by atoms with van der Waals surface area (Å²) in [4.78, 5) is 17.0. The lowest BCUT2D eigenvalue weighted by atomic mass is 10.2. The van der Waals surface area contributed by atoms with E-state index in [1.807, 2.05) is 35.2 Å². The fourth-order valence-corrected chi connectivity index (χ4v) is 3.85. The summed E-state index contributed by atoms with van der Waals surface area (Å²) in [6.45, 7) is 5.05. The molecule has 2 aliphatic rings. The van der Waals surface area contributed by atoms with Crippen LogP contribution in [0.5, 0.6) is 0 Å². The van der Waals surface area contributed by atoms with Gasteiger partial charge >= 0.3 is 0 Å². The largest absolute Gasteiger partial charge is 0.451 e. The molecule has 0 saturated carbocycles. The predicted octanol–water partition coefficient (Wildman–Crippen LogP) is 3.54. The van der Waals surface area contributed by atoms with Crippen LogP contribution in [0.1, 0.15) is 23.4 Å². The lowest BCUT2D eigenvalue weighted by Gasteiger charge is -2.35. The maximum absolute atomic E-state index is 12.7. The highest BCUT2D eigenvalue weighted by Crippen LogP contribution is 2.29. The maximum Gasteiger partial charge on any atom is 0.289 e. The Kier molecular flexibility index (Phi) is 5.29. The second-order valence-electron chi connectivity index (χ2n) is 6.87. The minimum Gasteiger partial charge on any atom is -0.451 e. The third-order valence-electron chi connectivity index (χ3n) is 5.10. The highest BCUT2D eigenvalue weighted by Gasteiger charge is 2.27. The van der Waals surface area contributed by atoms with Crippen molar-refractivity contribution >= 4 is 17.5 Å². The number of ether oxygens (including phenoxy) is 1. The number of amides is 1. The molecule has 1 amide bonds. The molecule has 1 atom stereocenters. The maximum atomic E-state index is 12.7. The summed E-state index contributed by atoms with van der Waals surface area (Å²) in [6, 6.07) is 11.0. The van der Waals surface area contributed by atoms with E-state index in [1.54, 1.807) is 6.07 Å². The van der Waals surface area contributed by atoms with E-state index in [2.05, 4.69) is 4.90 Å². The van der Waals surface area contributed by atoms with Crippen molar-refractivity contribution in [1.82, 2.24) is 9.80 Å². The van der Waals surface area contributed by atoms with Gasteiger partial charge in [-0.3, -0.25) is 9.69 Å². The van der Waals surface area contributed by atoms with Gasteiger partial charge in [-0.1, -0.05) is 23.7 Å². The third kappa shape index (κ3) is 3.80. The van der Waals surface area contributed by atoms with Gasteiger partial charge in [0.25, 0.3) is 5.91 Å². The van der Waals surface area contributed by atoms with Crippen LogP contribution in [0.15, 0.2) is 40.8 Å². The van der Waals surface area contributed by atoms with Crippen LogP contribution in [0.25, 0.3) is 11.3 Å². The highest BCUT2D eigenvalue weighted by atomic mass is 35.5. The Hall–Kier alpha value is -1.82. The average molecular weight is 375 g/mol. The molecule has 0 aliphatic carbocycles. The fraction of sp³-hybridized carbons (Fsp3) is 0.450. The van der Waals surface area contributed by atoms with Crippen molar-refractivity contribution in [2.24, 2.45) is 0 Å². The summed E-state index contributed by atoms with van der Waals surface area (Å²) in [7, 11) is 0. The molecule has 2 aliphatic heterocycles. The van der Waals surface area contributed by atoms with Gasteiger partial charge in [0, 0.05) is 44.9 Å². The van der Waals surface area contributed by atoms with E-state index in [0.717, 1.165) is 44.6 Å². The molecule has 0 unspecified atom stereocenters. The van der Waals surface area contributed by atoms with Crippen molar-refractivity contribution in [3.8, 4) is 11.3 Å². The van der Waals surface area contributed by atoms with Crippen LogP contribution < -0.4 is 0 Å². The molecule has 1 aromatic carbocycles. The number of piperazine rings is 1. The van der Waals surface area contributed by atoms with Crippen LogP contribution in [-0.4, -0.2) is 61.1 Å². The summed E-state index contributed by atoms with van der Waals surface area (Å²) < 4.78 is 11.5. The Morgan fingerprint density at radius 2 is 1.92 bits per heavy atom. The quantitative estimate of drug-likeness (QED) is 0.821. The first-order valence-corrected chi connectivity index (χ1v) is 9.56. The lowest BCUT2D eigenvalue weighted by molar-refractivity contribution is 0.0417. The van der Waals surface area contributed by atoms with Crippen molar-refractivity contribution in [3.05, 3.63) is 47.2 Å². The van der Waals surface area contributed by atoms with Gasteiger partial charge in [-0.15, -0.1) is 0 Å². The fourth-order valence-electron chi connectivity index (χ4n) is 3.62. The summed E-state index contributed by atoms with van der Waals surface area (Å²) in [5, 5.41) is 0.614. The second kappa shape index (κ2) is 7.82. The minimum absolute atomic E-state index is 0.0555. The number of furan rings is 1. The predicted molar refractivity (Wildman–Crippen MR) is 100 cm³/mol. The number of carbonyl (C=O) groups is 1. The zero-order valence-corrected chi connectivity index (χ0v) is 15.5. The van der Waals surface area contributed by atoms with Gasteiger partial charge in [-0.05, 0) is 37.1 Å². The van der Waals surface area contributed by atoms with Gasteiger partial charge in [0.05, 0.1) is 11.1 Å². The Morgan fingerprint density at radius 1 is 1.12 bits per heavy atom. The Bertz CT molecular complexity index is 762. The second-order valence-corrected chi connectivity index (χ2v) is 7.28. The van der Waals surface area contributed by atoms with Crippen molar-refractivity contribution in [3.63, 3.8) is 0 Å². The molecule has 2 fully saturated rings. The smallest absolute Gasteiger partial charge is 0.289 e. The zero-order valence-electron chi connectivity index (χ0n) is 14.7. The monoisotopic (exact) mass is 374 g/mol. The normalized spacial score (nSPS) is 21.3. The molecule has 6 heteroatoms. The van der Waals surface area contributed by atoms with Crippen molar-refractivity contribution < 1.29 is 13.9 Å². The Balaban J connectivity index is 1.36. The molecule has 138 valence electrons. The van der Waals surface area contributed by atoms with E-state index in [4.69, 9.17) is 20.8 Å². The molecule has 2 aromatic rings. The van der Waals surface area contributed by atoms with E-state index in [1.165, 1.54) is 0 Å². The molecular formula is C20H23ClN2O3. The first-order valence-electron chi connectivity index (χ1n) is 9.19. The minimum atomic E-state index is -0.0555. The molecule has 5 nitrogen and oxygen atoms in total. The molecule has 3 heterocycles. The van der Waals surface area contributed by atoms with Gasteiger partial charge in [0.1, 0.15) is 5.76 Å². The zero-order chi connectivity index (χ0) is 17.9. The number of nitrogens with zero attached hydrogens (tertiary/aromatic N) is 2. The number of benzene rings is 1. The highest BCUT2D eigenvalue weighted by molar-refractivity contribution is 6.33. The van der Waals surface area contributed by atoms with Crippen LogP contribution in [0.3, 0.4) is 0 Å². The topological polar surface area (TPSA) is 45.9 Å². The van der Waals surface area contributed by atoms with Crippen molar-refractivity contribution in [2.45, 2.75) is 18.9 Å². The van der Waals surface area contributed by atoms with E-state index in [0.29, 0.717) is 35.7 Å². The van der Waals surface area contributed by atoms with Crippen LogP contribution in [0.4, 0.5) is 0 Å². The van der Waals surface area contributed by atoms with E-state index >= 15 is 0 Å². The number of hydrogen-bond donors (Lipinski definition) is 0. The lowest BCUT2D eigenvalue weighted by Crippen LogP contribution is -2.50. The molecule has 0 bridgehead atoms. The van der Waals surface area contributed by atoms with Crippen molar-refractivity contribution in [1.29, 1.82) is 0 Å². The molecule has 26 heavy (non-hydrogen) atoms. The molecular weight excluding hydrogens is 352 g/mol.